The summed E-state index contributed by atoms with van der Waals surface area (Å²) in [5, 5.41) is 20.7. The van der Waals surface area contributed by atoms with Crippen LogP contribution < -0.4 is 0 Å². The molecule has 0 radical (unpaired) electrons. The summed E-state index contributed by atoms with van der Waals surface area (Å²) in [4.78, 5) is 17.6. The first-order valence-electron chi connectivity index (χ1n) is 9.81. The van der Waals surface area contributed by atoms with Gasteiger partial charge in [-0.15, -0.1) is 0 Å². The Bertz CT molecular complexity index is 1210. The summed E-state index contributed by atoms with van der Waals surface area (Å²) < 4.78 is 2.24. The van der Waals surface area contributed by atoms with E-state index in [2.05, 4.69) is 29.2 Å². The van der Waals surface area contributed by atoms with Crippen LogP contribution in [0.15, 0.2) is 35.2 Å². The first-order chi connectivity index (χ1) is 13.9. The lowest BCUT2D eigenvalue weighted by molar-refractivity contribution is 0.103. The molecule has 1 aliphatic carbocycles. The SMILES string of the molecule is CC1(C)c2cc(O)c(SN3CCCC3)cc2C(=O)c2c1[nH]c1cc(C#N)ccc21. The highest BCUT2D eigenvalue weighted by atomic mass is 32.2. The fourth-order valence-corrected chi connectivity index (χ4v) is 5.55. The molecule has 0 amide bonds. The number of carbonyl (C=O) groups excluding carboxylic acids is 1. The Morgan fingerprint density at radius 2 is 1.97 bits per heavy atom. The molecule has 2 aromatic carbocycles. The van der Waals surface area contributed by atoms with E-state index < -0.39 is 5.41 Å². The van der Waals surface area contributed by atoms with Crippen molar-refractivity contribution < 1.29 is 9.90 Å². The number of benzene rings is 2. The van der Waals surface area contributed by atoms with Crippen molar-refractivity contribution in [3.8, 4) is 11.8 Å². The standard InChI is InChI=1S/C23H21N3O2S/c1-23(2)16-11-18(27)19(29-26-7-3-4-8-26)10-15(16)21(28)20-14-6-5-13(12-24)9-17(14)25-22(20)23/h5-6,9-11,25,27H,3-4,7-8H2,1-2H3. The van der Waals surface area contributed by atoms with Gasteiger partial charge in [0.1, 0.15) is 5.75 Å². The molecular weight excluding hydrogens is 382 g/mol. The maximum absolute atomic E-state index is 13.5. The molecule has 1 saturated heterocycles. The highest BCUT2D eigenvalue weighted by Crippen LogP contribution is 2.47. The van der Waals surface area contributed by atoms with Crippen molar-refractivity contribution in [3.05, 3.63) is 58.3 Å². The number of rotatable bonds is 2. The molecule has 1 aromatic heterocycles. The third-order valence-electron chi connectivity index (χ3n) is 6.09. The van der Waals surface area contributed by atoms with E-state index in [-0.39, 0.29) is 11.5 Å². The summed E-state index contributed by atoms with van der Waals surface area (Å²) in [7, 11) is 0. The summed E-state index contributed by atoms with van der Waals surface area (Å²) in [5.74, 6) is 0.182. The predicted octanol–water partition coefficient (Wildman–Crippen LogP) is 4.72. The molecular formula is C23H21N3O2S. The quantitative estimate of drug-likeness (QED) is 0.605. The Labute approximate surface area is 173 Å². The second-order valence-electron chi connectivity index (χ2n) is 8.29. The van der Waals surface area contributed by atoms with Gasteiger partial charge in [0.15, 0.2) is 5.78 Å². The normalized spacial score (nSPS) is 17.9. The Balaban J connectivity index is 1.68. The van der Waals surface area contributed by atoms with Crippen molar-refractivity contribution in [1.29, 1.82) is 5.26 Å². The van der Waals surface area contributed by atoms with Crippen molar-refractivity contribution in [2.45, 2.75) is 37.0 Å². The molecule has 2 aliphatic rings. The summed E-state index contributed by atoms with van der Waals surface area (Å²) >= 11 is 1.53. The van der Waals surface area contributed by atoms with Gasteiger partial charge in [-0.1, -0.05) is 19.9 Å². The van der Waals surface area contributed by atoms with E-state index in [9.17, 15) is 15.2 Å². The Morgan fingerprint density at radius 1 is 1.21 bits per heavy atom. The molecule has 5 rings (SSSR count). The number of hydrogen-bond acceptors (Lipinski definition) is 5. The number of nitrogens with one attached hydrogen (secondary N) is 1. The number of ketones is 1. The van der Waals surface area contributed by atoms with E-state index in [0.29, 0.717) is 16.7 Å². The maximum atomic E-state index is 13.5. The molecule has 6 heteroatoms. The molecule has 2 heterocycles. The van der Waals surface area contributed by atoms with E-state index in [4.69, 9.17) is 0 Å². The van der Waals surface area contributed by atoms with Crippen LogP contribution in [0.5, 0.6) is 5.75 Å². The van der Waals surface area contributed by atoms with Crippen LogP contribution in [0.25, 0.3) is 10.9 Å². The number of aromatic nitrogens is 1. The van der Waals surface area contributed by atoms with Gasteiger partial charge in [0.25, 0.3) is 0 Å². The van der Waals surface area contributed by atoms with E-state index in [1.165, 1.54) is 11.9 Å². The van der Waals surface area contributed by atoms with E-state index >= 15 is 0 Å². The smallest absolute Gasteiger partial charge is 0.195 e. The minimum absolute atomic E-state index is 0.0337. The number of aromatic amines is 1. The van der Waals surface area contributed by atoms with Gasteiger partial charge in [-0.25, -0.2) is 4.31 Å². The van der Waals surface area contributed by atoms with Crippen LogP contribution in [0.1, 0.15) is 59.4 Å². The summed E-state index contributed by atoms with van der Waals surface area (Å²) in [6.07, 6.45) is 2.32. The first kappa shape index (κ1) is 18.3. The fraction of sp³-hybridized carbons (Fsp3) is 0.304. The molecule has 3 aromatic rings. The van der Waals surface area contributed by atoms with E-state index in [1.807, 2.05) is 12.1 Å². The predicted molar refractivity (Wildman–Crippen MR) is 113 cm³/mol. The van der Waals surface area contributed by atoms with Crippen LogP contribution in [0.4, 0.5) is 0 Å². The van der Waals surface area contributed by atoms with Crippen molar-refractivity contribution in [1.82, 2.24) is 9.29 Å². The summed E-state index contributed by atoms with van der Waals surface area (Å²) in [6.45, 7) is 6.11. The van der Waals surface area contributed by atoms with Crippen LogP contribution in [-0.2, 0) is 5.41 Å². The maximum Gasteiger partial charge on any atom is 0.195 e. The number of phenolic OH excluding ortho intramolecular Hbond substituents is 1. The Morgan fingerprint density at radius 3 is 2.69 bits per heavy atom. The molecule has 0 spiro atoms. The number of nitriles is 1. The van der Waals surface area contributed by atoms with Crippen LogP contribution in [0, 0.1) is 11.3 Å². The zero-order chi connectivity index (χ0) is 20.3. The number of nitrogens with zero attached hydrogens (tertiary/aromatic N) is 2. The van der Waals surface area contributed by atoms with Gasteiger partial charge in [-0.05, 0) is 54.6 Å². The van der Waals surface area contributed by atoms with Crippen LogP contribution in [0.3, 0.4) is 0 Å². The average Bonchev–Trinajstić information content (AvgIpc) is 3.35. The van der Waals surface area contributed by atoms with Crippen molar-refractivity contribution >= 4 is 28.6 Å². The molecule has 2 N–H and O–H groups in total. The number of hydrogen-bond donors (Lipinski definition) is 2. The third kappa shape index (κ3) is 2.69. The van der Waals surface area contributed by atoms with Crippen LogP contribution in [-0.4, -0.2) is 33.3 Å². The van der Waals surface area contributed by atoms with Gasteiger partial charge in [-0.3, -0.25) is 4.79 Å². The van der Waals surface area contributed by atoms with Crippen molar-refractivity contribution in [2.24, 2.45) is 0 Å². The third-order valence-corrected chi connectivity index (χ3v) is 7.24. The highest BCUT2D eigenvalue weighted by Gasteiger charge is 2.40. The molecule has 0 atom stereocenters. The van der Waals surface area contributed by atoms with E-state index in [0.717, 1.165) is 53.0 Å². The van der Waals surface area contributed by atoms with Crippen LogP contribution >= 0.6 is 11.9 Å². The lowest BCUT2D eigenvalue weighted by Crippen LogP contribution is -2.30. The first-order valence-corrected chi connectivity index (χ1v) is 10.6. The average molecular weight is 404 g/mol. The zero-order valence-corrected chi connectivity index (χ0v) is 17.2. The minimum Gasteiger partial charge on any atom is -0.507 e. The van der Waals surface area contributed by atoms with Crippen molar-refractivity contribution in [3.63, 3.8) is 0 Å². The lowest BCUT2D eigenvalue weighted by atomic mass is 9.71. The highest BCUT2D eigenvalue weighted by molar-refractivity contribution is 7.97. The van der Waals surface area contributed by atoms with Gasteiger partial charge in [0.05, 0.1) is 22.1 Å². The number of fused-ring (bicyclic) bond motifs is 4. The van der Waals surface area contributed by atoms with E-state index in [1.54, 1.807) is 18.2 Å². The molecule has 1 fully saturated rings. The molecule has 0 unspecified atom stereocenters. The molecule has 0 bridgehead atoms. The second kappa shape index (κ2) is 6.38. The van der Waals surface area contributed by atoms with Gasteiger partial charge in [0.2, 0.25) is 0 Å². The molecule has 29 heavy (non-hydrogen) atoms. The Kier molecular flexibility index (Phi) is 4.02. The molecule has 146 valence electrons. The lowest BCUT2D eigenvalue weighted by Gasteiger charge is -2.32. The second-order valence-corrected chi connectivity index (χ2v) is 9.43. The van der Waals surface area contributed by atoms with Gasteiger partial charge in [0, 0.05) is 40.7 Å². The number of phenols is 1. The molecule has 0 saturated carbocycles. The minimum atomic E-state index is -0.473. The van der Waals surface area contributed by atoms with Crippen molar-refractivity contribution in [2.75, 3.05) is 13.1 Å². The van der Waals surface area contributed by atoms with Crippen LogP contribution in [0.2, 0.25) is 0 Å². The van der Waals surface area contributed by atoms with Gasteiger partial charge < -0.3 is 10.1 Å². The van der Waals surface area contributed by atoms with Gasteiger partial charge >= 0.3 is 0 Å². The Hall–Kier alpha value is -2.75. The number of H-pyrrole nitrogens is 1. The number of carbonyl (C=O) groups is 1. The fourth-order valence-electron chi connectivity index (χ4n) is 4.51. The topological polar surface area (TPSA) is 80.1 Å². The summed E-state index contributed by atoms with van der Waals surface area (Å²) in [6, 6.07) is 11.1. The summed E-state index contributed by atoms with van der Waals surface area (Å²) in [5.41, 5.74) is 3.85. The largest absolute Gasteiger partial charge is 0.507 e. The molecule has 5 nitrogen and oxygen atoms in total. The molecule has 1 aliphatic heterocycles. The number of aromatic hydroxyl groups is 1. The van der Waals surface area contributed by atoms with Gasteiger partial charge in [-0.2, -0.15) is 5.26 Å². The zero-order valence-electron chi connectivity index (χ0n) is 16.4. The monoisotopic (exact) mass is 403 g/mol.